The minimum absolute atomic E-state index is 0.0144. The second-order valence-electron chi connectivity index (χ2n) is 5.62. The summed E-state index contributed by atoms with van der Waals surface area (Å²) in [7, 11) is 1.51. The Balaban J connectivity index is 1.71. The zero-order valence-electron chi connectivity index (χ0n) is 13.0. The lowest BCUT2D eigenvalue weighted by Crippen LogP contribution is -2.38. The highest BCUT2D eigenvalue weighted by Crippen LogP contribution is 2.37. The largest absolute Gasteiger partial charge is 0.479 e. The summed E-state index contributed by atoms with van der Waals surface area (Å²) < 4.78 is 5.12. The van der Waals surface area contributed by atoms with Crippen LogP contribution in [0.2, 0.25) is 0 Å². The number of rotatable bonds is 5. The van der Waals surface area contributed by atoms with Crippen LogP contribution in [0.25, 0.3) is 0 Å². The Kier molecular flexibility index (Phi) is 4.71. The van der Waals surface area contributed by atoms with Gasteiger partial charge in [0.1, 0.15) is 12.0 Å². The van der Waals surface area contributed by atoms with E-state index in [9.17, 15) is 4.79 Å². The van der Waals surface area contributed by atoms with E-state index in [1.54, 1.807) is 0 Å². The maximum atomic E-state index is 12.4. The molecule has 1 aromatic heterocycles. The third kappa shape index (κ3) is 3.59. The molecule has 0 saturated heterocycles. The van der Waals surface area contributed by atoms with E-state index in [4.69, 9.17) is 4.74 Å². The minimum atomic E-state index is -0.279. The van der Waals surface area contributed by atoms with Crippen molar-refractivity contribution in [1.82, 2.24) is 15.3 Å². The summed E-state index contributed by atoms with van der Waals surface area (Å²) in [5.41, 5.74) is 1.58. The average Bonchev–Trinajstić information content (AvgIpc) is 2.54. The minimum Gasteiger partial charge on any atom is -0.479 e. The summed E-state index contributed by atoms with van der Waals surface area (Å²) in [4.78, 5) is 20.3. The Morgan fingerprint density at radius 2 is 2.09 bits per heavy atom. The van der Waals surface area contributed by atoms with E-state index in [0.29, 0.717) is 17.5 Å². The van der Waals surface area contributed by atoms with Crippen molar-refractivity contribution in [3.8, 4) is 5.88 Å². The Morgan fingerprint density at radius 3 is 2.74 bits per heavy atom. The standard InChI is InChI=1S/C17H20N4O2/c1-23-16-14(10-18-11-19-16)20-17(22)21-15(13-8-5-9-13)12-6-3-2-4-7-12/h2-4,6-7,10-11,13,15H,5,8-9H2,1H3,(H2,20,21,22). The van der Waals surface area contributed by atoms with Crippen molar-refractivity contribution in [3.05, 3.63) is 48.4 Å². The molecule has 3 rings (SSSR count). The molecule has 2 aromatic rings. The molecule has 0 radical (unpaired) electrons. The van der Waals surface area contributed by atoms with Crippen molar-refractivity contribution >= 4 is 11.7 Å². The molecule has 2 amide bonds. The van der Waals surface area contributed by atoms with Gasteiger partial charge in [0, 0.05) is 0 Å². The summed E-state index contributed by atoms with van der Waals surface area (Å²) in [6.45, 7) is 0. The van der Waals surface area contributed by atoms with Gasteiger partial charge in [-0.15, -0.1) is 0 Å². The van der Waals surface area contributed by atoms with Gasteiger partial charge < -0.3 is 15.4 Å². The number of nitrogens with zero attached hydrogens (tertiary/aromatic N) is 2. The van der Waals surface area contributed by atoms with Crippen LogP contribution in [0.1, 0.15) is 30.9 Å². The smallest absolute Gasteiger partial charge is 0.319 e. The van der Waals surface area contributed by atoms with Gasteiger partial charge in [0.15, 0.2) is 0 Å². The molecule has 0 aliphatic heterocycles. The molecule has 1 saturated carbocycles. The van der Waals surface area contributed by atoms with E-state index in [1.807, 2.05) is 18.2 Å². The molecule has 1 heterocycles. The Bertz CT molecular complexity index is 659. The van der Waals surface area contributed by atoms with Gasteiger partial charge >= 0.3 is 6.03 Å². The van der Waals surface area contributed by atoms with Gasteiger partial charge in [-0.25, -0.2) is 9.78 Å². The number of anilines is 1. The summed E-state index contributed by atoms with van der Waals surface area (Å²) >= 11 is 0. The fourth-order valence-electron chi connectivity index (χ4n) is 2.77. The molecular formula is C17H20N4O2. The molecule has 1 aromatic carbocycles. The number of nitrogens with one attached hydrogen (secondary N) is 2. The molecule has 2 N–H and O–H groups in total. The number of urea groups is 1. The lowest BCUT2D eigenvalue weighted by atomic mass is 9.77. The number of hydrogen-bond donors (Lipinski definition) is 2. The first-order chi connectivity index (χ1) is 11.3. The molecule has 1 atom stereocenters. The first-order valence-corrected chi connectivity index (χ1v) is 7.74. The van der Waals surface area contributed by atoms with Gasteiger partial charge in [0.05, 0.1) is 19.3 Å². The van der Waals surface area contributed by atoms with E-state index >= 15 is 0 Å². The number of hydrogen-bond acceptors (Lipinski definition) is 4. The zero-order chi connectivity index (χ0) is 16.1. The quantitative estimate of drug-likeness (QED) is 0.889. The van der Waals surface area contributed by atoms with Crippen molar-refractivity contribution < 1.29 is 9.53 Å². The van der Waals surface area contributed by atoms with Crippen molar-refractivity contribution in [2.45, 2.75) is 25.3 Å². The fraction of sp³-hybridized carbons (Fsp3) is 0.353. The van der Waals surface area contributed by atoms with Crippen molar-refractivity contribution in [2.24, 2.45) is 5.92 Å². The van der Waals surface area contributed by atoms with Crippen LogP contribution in [0.15, 0.2) is 42.9 Å². The van der Waals surface area contributed by atoms with Gasteiger partial charge in [-0.3, -0.25) is 0 Å². The molecule has 0 spiro atoms. The summed E-state index contributed by atoms with van der Waals surface area (Å²) in [5.74, 6) is 0.826. The summed E-state index contributed by atoms with van der Waals surface area (Å²) in [6.07, 6.45) is 6.39. The van der Waals surface area contributed by atoms with Gasteiger partial charge in [-0.1, -0.05) is 36.8 Å². The molecule has 1 fully saturated rings. The van der Waals surface area contributed by atoms with Crippen LogP contribution in [-0.4, -0.2) is 23.1 Å². The number of carbonyl (C=O) groups is 1. The number of amides is 2. The molecule has 0 bridgehead atoms. The average molecular weight is 312 g/mol. The van der Waals surface area contributed by atoms with Crippen LogP contribution < -0.4 is 15.4 Å². The zero-order valence-corrected chi connectivity index (χ0v) is 13.0. The number of aromatic nitrogens is 2. The summed E-state index contributed by atoms with van der Waals surface area (Å²) in [6, 6.07) is 9.81. The third-order valence-corrected chi connectivity index (χ3v) is 4.18. The highest BCUT2D eigenvalue weighted by Gasteiger charge is 2.29. The predicted octanol–water partition coefficient (Wildman–Crippen LogP) is 3.15. The van der Waals surface area contributed by atoms with E-state index in [2.05, 4.69) is 32.7 Å². The van der Waals surface area contributed by atoms with Crippen LogP contribution in [0.4, 0.5) is 10.5 Å². The monoisotopic (exact) mass is 312 g/mol. The number of ether oxygens (including phenoxy) is 1. The number of methoxy groups -OCH3 is 1. The van der Waals surface area contributed by atoms with Gasteiger partial charge in [0.25, 0.3) is 0 Å². The van der Waals surface area contributed by atoms with E-state index < -0.39 is 0 Å². The summed E-state index contributed by atoms with van der Waals surface area (Å²) in [5, 5.41) is 5.84. The van der Waals surface area contributed by atoms with Crippen molar-refractivity contribution in [1.29, 1.82) is 0 Å². The van der Waals surface area contributed by atoms with E-state index in [0.717, 1.165) is 18.4 Å². The van der Waals surface area contributed by atoms with Crippen molar-refractivity contribution in [2.75, 3.05) is 12.4 Å². The van der Waals surface area contributed by atoms with Gasteiger partial charge in [0.2, 0.25) is 5.88 Å². The molecule has 6 nitrogen and oxygen atoms in total. The fourth-order valence-corrected chi connectivity index (χ4v) is 2.77. The molecule has 1 unspecified atom stereocenters. The highest BCUT2D eigenvalue weighted by atomic mass is 16.5. The highest BCUT2D eigenvalue weighted by molar-refractivity contribution is 5.90. The SMILES string of the molecule is COc1ncncc1NC(=O)NC(c1ccccc1)C1CCC1. The lowest BCUT2D eigenvalue weighted by Gasteiger charge is -2.34. The van der Waals surface area contributed by atoms with Crippen LogP contribution >= 0.6 is 0 Å². The van der Waals surface area contributed by atoms with Crippen LogP contribution in [0, 0.1) is 5.92 Å². The third-order valence-electron chi connectivity index (χ3n) is 4.18. The molecule has 1 aliphatic carbocycles. The second-order valence-corrected chi connectivity index (χ2v) is 5.62. The predicted molar refractivity (Wildman–Crippen MR) is 87.3 cm³/mol. The van der Waals surface area contributed by atoms with Crippen LogP contribution in [0.5, 0.6) is 5.88 Å². The lowest BCUT2D eigenvalue weighted by molar-refractivity contribution is 0.216. The Morgan fingerprint density at radius 1 is 1.30 bits per heavy atom. The topological polar surface area (TPSA) is 76.1 Å². The second kappa shape index (κ2) is 7.09. The van der Waals surface area contributed by atoms with Crippen LogP contribution in [-0.2, 0) is 0 Å². The normalized spacial score (nSPS) is 15.3. The first kappa shape index (κ1) is 15.3. The molecule has 23 heavy (non-hydrogen) atoms. The van der Waals surface area contributed by atoms with Crippen molar-refractivity contribution in [3.63, 3.8) is 0 Å². The van der Waals surface area contributed by atoms with E-state index in [-0.39, 0.29) is 12.1 Å². The van der Waals surface area contributed by atoms with E-state index in [1.165, 1.54) is 26.1 Å². The maximum absolute atomic E-state index is 12.4. The maximum Gasteiger partial charge on any atom is 0.319 e. The van der Waals surface area contributed by atoms with Crippen LogP contribution in [0.3, 0.4) is 0 Å². The molecule has 120 valence electrons. The molecule has 1 aliphatic rings. The Hall–Kier alpha value is -2.63. The number of carbonyl (C=O) groups excluding carboxylic acids is 1. The Labute approximate surface area is 135 Å². The molecule has 6 heteroatoms. The van der Waals surface area contributed by atoms with Gasteiger partial charge in [-0.2, -0.15) is 4.98 Å². The number of benzene rings is 1. The molecular weight excluding hydrogens is 292 g/mol. The van der Waals surface area contributed by atoms with Gasteiger partial charge in [-0.05, 0) is 24.3 Å². The first-order valence-electron chi connectivity index (χ1n) is 7.74.